The highest BCUT2D eigenvalue weighted by Gasteiger charge is 2.24. The van der Waals surface area contributed by atoms with Crippen molar-refractivity contribution in [2.75, 3.05) is 19.9 Å². The lowest BCUT2D eigenvalue weighted by atomic mass is 9.97. The lowest BCUT2D eigenvalue weighted by molar-refractivity contribution is 0.173. The fourth-order valence-corrected chi connectivity index (χ4v) is 2.39. The van der Waals surface area contributed by atoms with E-state index in [0.29, 0.717) is 11.7 Å². The van der Waals surface area contributed by atoms with E-state index in [0.717, 1.165) is 43.0 Å². The Balaban J connectivity index is 1.90. The van der Waals surface area contributed by atoms with E-state index < -0.39 is 0 Å². The summed E-state index contributed by atoms with van der Waals surface area (Å²) in [5, 5.41) is 13.2. The van der Waals surface area contributed by atoms with Gasteiger partial charge in [-0.25, -0.2) is 0 Å². The quantitative estimate of drug-likeness (QED) is 0.789. The van der Waals surface area contributed by atoms with Crippen molar-refractivity contribution in [2.45, 2.75) is 12.8 Å². The third-order valence-electron chi connectivity index (χ3n) is 3.27. The zero-order chi connectivity index (χ0) is 11.0. The minimum absolute atomic E-state index is 0.259. The normalized spacial score (nSPS) is 22.6. The number of ether oxygens (including phenoxy) is 2. The summed E-state index contributed by atoms with van der Waals surface area (Å²) in [6.45, 7) is 2.34. The summed E-state index contributed by atoms with van der Waals surface area (Å²) >= 11 is 0. The molecule has 1 saturated heterocycles. The second kappa shape index (κ2) is 3.87. The van der Waals surface area contributed by atoms with Crippen LogP contribution in [0.5, 0.6) is 17.2 Å². The number of hydrogen-bond donors (Lipinski definition) is 2. The summed E-state index contributed by atoms with van der Waals surface area (Å²) in [5.74, 6) is 2.38. The molecule has 0 spiro atoms. The van der Waals surface area contributed by atoms with Gasteiger partial charge in [-0.15, -0.1) is 0 Å². The Hall–Kier alpha value is -1.42. The van der Waals surface area contributed by atoms with E-state index in [1.165, 1.54) is 0 Å². The number of hydrogen-bond acceptors (Lipinski definition) is 4. The average molecular weight is 221 g/mol. The second-order valence-electron chi connectivity index (χ2n) is 4.36. The fourth-order valence-electron chi connectivity index (χ4n) is 2.39. The Labute approximate surface area is 94.2 Å². The summed E-state index contributed by atoms with van der Waals surface area (Å²) < 4.78 is 10.7. The van der Waals surface area contributed by atoms with Crippen molar-refractivity contribution in [1.82, 2.24) is 5.32 Å². The van der Waals surface area contributed by atoms with E-state index in [-0.39, 0.29) is 6.79 Å². The Morgan fingerprint density at radius 1 is 1.38 bits per heavy atom. The van der Waals surface area contributed by atoms with E-state index in [4.69, 9.17) is 9.47 Å². The molecule has 1 aromatic carbocycles. The molecule has 0 aromatic heterocycles. The number of nitrogens with one attached hydrogen (secondary N) is 1. The maximum Gasteiger partial charge on any atom is 0.231 e. The molecule has 16 heavy (non-hydrogen) atoms. The van der Waals surface area contributed by atoms with Crippen LogP contribution in [0.3, 0.4) is 0 Å². The van der Waals surface area contributed by atoms with Gasteiger partial charge in [0, 0.05) is 5.56 Å². The molecule has 4 heteroatoms. The zero-order valence-corrected chi connectivity index (χ0v) is 9.03. The van der Waals surface area contributed by atoms with Gasteiger partial charge < -0.3 is 19.9 Å². The third kappa shape index (κ3) is 1.59. The molecule has 1 atom stereocenters. The van der Waals surface area contributed by atoms with Gasteiger partial charge in [0.25, 0.3) is 0 Å². The molecule has 2 aliphatic heterocycles. The lowest BCUT2D eigenvalue weighted by Gasteiger charge is -2.12. The first-order valence-electron chi connectivity index (χ1n) is 5.66. The minimum atomic E-state index is 0.259. The molecule has 86 valence electrons. The Morgan fingerprint density at radius 3 is 3.12 bits per heavy atom. The zero-order valence-electron chi connectivity index (χ0n) is 9.03. The van der Waals surface area contributed by atoms with E-state index >= 15 is 0 Å². The summed E-state index contributed by atoms with van der Waals surface area (Å²) in [7, 11) is 0. The van der Waals surface area contributed by atoms with Gasteiger partial charge >= 0.3 is 0 Å². The highest BCUT2D eigenvalue weighted by atomic mass is 16.7. The van der Waals surface area contributed by atoms with E-state index in [2.05, 4.69) is 5.32 Å². The summed E-state index contributed by atoms with van der Waals surface area (Å²) in [5.41, 5.74) is 0.892. The molecule has 2 heterocycles. The van der Waals surface area contributed by atoms with Crippen LogP contribution in [0.15, 0.2) is 12.1 Å². The fraction of sp³-hybridized carbons (Fsp3) is 0.500. The SMILES string of the molecule is Oc1ccc2c(c1CC1CCNC1)OCO2. The molecule has 2 N–H and O–H groups in total. The van der Waals surface area contributed by atoms with Crippen molar-refractivity contribution >= 4 is 0 Å². The summed E-state index contributed by atoms with van der Waals surface area (Å²) in [6, 6.07) is 3.44. The monoisotopic (exact) mass is 221 g/mol. The number of phenolic OH excluding ortho intramolecular Hbond substituents is 1. The van der Waals surface area contributed by atoms with Crippen LogP contribution in [-0.2, 0) is 6.42 Å². The number of phenols is 1. The number of benzene rings is 1. The predicted molar refractivity (Wildman–Crippen MR) is 58.9 cm³/mol. The Morgan fingerprint density at radius 2 is 2.31 bits per heavy atom. The van der Waals surface area contributed by atoms with Crippen molar-refractivity contribution in [3.05, 3.63) is 17.7 Å². The van der Waals surface area contributed by atoms with Gasteiger partial charge in [-0.2, -0.15) is 0 Å². The van der Waals surface area contributed by atoms with Crippen LogP contribution in [0.4, 0.5) is 0 Å². The predicted octanol–water partition coefficient (Wildman–Crippen LogP) is 1.27. The van der Waals surface area contributed by atoms with Gasteiger partial charge in [0.2, 0.25) is 6.79 Å². The first-order valence-corrected chi connectivity index (χ1v) is 5.66. The van der Waals surface area contributed by atoms with Gasteiger partial charge in [0.15, 0.2) is 11.5 Å². The van der Waals surface area contributed by atoms with Crippen LogP contribution >= 0.6 is 0 Å². The van der Waals surface area contributed by atoms with E-state index in [9.17, 15) is 5.11 Å². The van der Waals surface area contributed by atoms with E-state index in [1.807, 2.05) is 0 Å². The standard InChI is InChI=1S/C12H15NO3/c14-10-1-2-11-12(16-7-15-11)9(10)5-8-3-4-13-6-8/h1-2,8,13-14H,3-7H2. The van der Waals surface area contributed by atoms with E-state index in [1.54, 1.807) is 12.1 Å². The van der Waals surface area contributed by atoms with Crippen LogP contribution in [0.25, 0.3) is 0 Å². The molecule has 1 unspecified atom stereocenters. The van der Waals surface area contributed by atoms with Crippen LogP contribution < -0.4 is 14.8 Å². The van der Waals surface area contributed by atoms with Gasteiger partial charge in [-0.1, -0.05) is 0 Å². The maximum atomic E-state index is 9.88. The molecular weight excluding hydrogens is 206 g/mol. The van der Waals surface area contributed by atoms with Gasteiger partial charge in [-0.05, 0) is 44.0 Å². The largest absolute Gasteiger partial charge is 0.508 e. The third-order valence-corrected chi connectivity index (χ3v) is 3.27. The molecule has 0 radical (unpaired) electrons. The summed E-state index contributed by atoms with van der Waals surface area (Å²) in [6.07, 6.45) is 2.01. The molecule has 0 aliphatic carbocycles. The average Bonchev–Trinajstić information content (AvgIpc) is 2.92. The second-order valence-corrected chi connectivity index (χ2v) is 4.36. The topological polar surface area (TPSA) is 50.7 Å². The first kappa shape index (κ1) is 9.78. The smallest absolute Gasteiger partial charge is 0.231 e. The minimum Gasteiger partial charge on any atom is -0.508 e. The number of aromatic hydroxyl groups is 1. The van der Waals surface area contributed by atoms with Gasteiger partial charge in [-0.3, -0.25) is 0 Å². The number of rotatable bonds is 2. The van der Waals surface area contributed by atoms with Crippen LogP contribution in [0.1, 0.15) is 12.0 Å². The molecule has 3 rings (SSSR count). The van der Waals surface area contributed by atoms with Gasteiger partial charge in [0.1, 0.15) is 5.75 Å². The molecule has 0 amide bonds. The first-order chi connectivity index (χ1) is 7.84. The molecule has 0 bridgehead atoms. The summed E-state index contributed by atoms with van der Waals surface area (Å²) in [4.78, 5) is 0. The van der Waals surface area contributed by atoms with Crippen molar-refractivity contribution in [3.8, 4) is 17.2 Å². The van der Waals surface area contributed by atoms with Crippen LogP contribution in [-0.4, -0.2) is 25.0 Å². The molecule has 4 nitrogen and oxygen atoms in total. The molecule has 2 aliphatic rings. The van der Waals surface area contributed by atoms with Crippen molar-refractivity contribution in [1.29, 1.82) is 0 Å². The maximum absolute atomic E-state index is 9.88. The van der Waals surface area contributed by atoms with Crippen molar-refractivity contribution in [3.63, 3.8) is 0 Å². The molecule has 1 aromatic rings. The highest BCUT2D eigenvalue weighted by molar-refractivity contribution is 5.54. The van der Waals surface area contributed by atoms with Crippen LogP contribution in [0, 0.1) is 5.92 Å². The molecule has 0 saturated carbocycles. The van der Waals surface area contributed by atoms with Crippen molar-refractivity contribution < 1.29 is 14.6 Å². The Kier molecular flexibility index (Phi) is 2.36. The Bertz CT molecular complexity index is 399. The number of fused-ring (bicyclic) bond motifs is 1. The molecule has 1 fully saturated rings. The lowest BCUT2D eigenvalue weighted by Crippen LogP contribution is -2.11. The van der Waals surface area contributed by atoms with Crippen molar-refractivity contribution in [2.24, 2.45) is 5.92 Å². The van der Waals surface area contributed by atoms with Gasteiger partial charge in [0.05, 0.1) is 0 Å². The van der Waals surface area contributed by atoms with Crippen LogP contribution in [0.2, 0.25) is 0 Å². The molecular formula is C12H15NO3. The highest BCUT2D eigenvalue weighted by Crippen LogP contribution is 2.41.